The predicted molar refractivity (Wildman–Crippen MR) is 96.2 cm³/mol. The van der Waals surface area contributed by atoms with Gasteiger partial charge >= 0.3 is 0 Å². The van der Waals surface area contributed by atoms with Gasteiger partial charge in [-0.1, -0.05) is 30.3 Å². The lowest BCUT2D eigenvalue weighted by atomic mass is 10.0. The highest BCUT2D eigenvalue weighted by Crippen LogP contribution is 2.26. The van der Waals surface area contributed by atoms with E-state index >= 15 is 0 Å². The van der Waals surface area contributed by atoms with Crippen molar-refractivity contribution >= 4 is 22.8 Å². The lowest BCUT2D eigenvalue weighted by molar-refractivity contribution is -0.121. The zero-order valence-electron chi connectivity index (χ0n) is 14.5. The van der Waals surface area contributed by atoms with Gasteiger partial charge < -0.3 is 4.42 Å². The monoisotopic (exact) mass is 336 g/mol. The summed E-state index contributed by atoms with van der Waals surface area (Å²) in [5.41, 5.74) is 10.1. The molecule has 0 atom stereocenters. The fraction of sp³-hybridized carbons (Fsp3) is 0.200. The summed E-state index contributed by atoms with van der Waals surface area (Å²) in [6.45, 7) is 5.86. The fourth-order valence-corrected chi connectivity index (χ4v) is 2.76. The van der Waals surface area contributed by atoms with Gasteiger partial charge in [0.15, 0.2) is 0 Å². The smallest absolute Gasteiger partial charge is 0.269 e. The van der Waals surface area contributed by atoms with Crippen molar-refractivity contribution in [2.45, 2.75) is 27.2 Å². The number of aryl methyl sites for hydroxylation is 3. The van der Waals surface area contributed by atoms with Crippen molar-refractivity contribution in [3.63, 3.8) is 0 Å². The number of carbonyl (C=O) groups is 2. The van der Waals surface area contributed by atoms with Gasteiger partial charge in [0.25, 0.3) is 5.91 Å². The third-order valence-corrected chi connectivity index (χ3v) is 4.40. The second-order valence-electron chi connectivity index (χ2n) is 6.14. The highest BCUT2D eigenvalue weighted by Gasteiger charge is 2.14. The molecule has 1 aromatic heterocycles. The maximum absolute atomic E-state index is 12.2. The Morgan fingerprint density at radius 3 is 2.48 bits per heavy atom. The van der Waals surface area contributed by atoms with Crippen LogP contribution >= 0.6 is 0 Å². The molecular formula is C20H20N2O3. The van der Waals surface area contributed by atoms with Crippen LogP contribution in [0.4, 0.5) is 0 Å². The molecule has 0 saturated heterocycles. The number of hydrogen-bond donors (Lipinski definition) is 2. The Morgan fingerprint density at radius 1 is 0.960 bits per heavy atom. The fourth-order valence-electron chi connectivity index (χ4n) is 2.76. The van der Waals surface area contributed by atoms with E-state index < -0.39 is 0 Å². The number of furan rings is 1. The molecule has 0 saturated carbocycles. The van der Waals surface area contributed by atoms with Crippen LogP contribution in [0.2, 0.25) is 0 Å². The van der Waals surface area contributed by atoms with Crippen molar-refractivity contribution in [2.24, 2.45) is 0 Å². The first kappa shape index (κ1) is 16.8. The van der Waals surface area contributed by atoms with E-state index in [0.717, 1.165) is 33.2 Å². The van der Waals surface area contributed by atoms with E-state index in [-0.39, 0.29) is 18.2 Å². The lowest BCUT2D eigenvalue weighted by Crippen LogP contribution is -2.42. The van der Waals surface area contributed by atoms with Crippen LogP contribution in [-0.2, 0) is 11.2 Å². The van der Waals surface area contributed by atoms with Crippen LogP contribution < -0.4 is 10.9 Å². The van der Waals surface area contributed by atoms with Crippen molar-refractivity contribution in [3.8, 4) is 0 Å². The van der Waals surface area contributed by atoms with Crippen molar-refractivity contribution < 1.29 is 14.0 Å². The van der Waals surface area contributed by atoms with Crippen molar-refractivity contribution in [1.29, 1.82) is 0 Å². The van der Waals surface area contributed by atoms with Gasteiger partial charge in [0.1, 0.15) is 5.58 Å². The van der Waals surface area contributed by atoms with Gasteiger partial charge in [0.05, 0.1) is 12.7 Å². The quantitative estimate of drug-likeness (QED) is 0.721. The van der Waals surface area contributed by atoms with E-state index in [1.54, 1.807) is 18.4 Å². The highest BCUT2D eigenvalue weighted by molar-refractivity contribution is 5.97. The first-order valence-electron chi connectivity index (χ1n) is 8.08. The molecule has 128 valence electrons. The van der Waals surface area contributed by atoms with Crippen molar-refractivity contribution in [2.75, 3.05) is 0 Å². The molecule has 5 nitrogen and oxygen atoms in total. The summed E-state index contributed by atoms with van der Waals surface area (Å²) in [4.78, 5) is 24.3. The molecule has 2 N–H and O–H groups in total. The van der Waals surface area contributed by atoms with Crippen LogP contribution in [0.1, 0.15) is 32.6 Å². The standard InChI is InChI=1S/C20H20N2O3/c1-12-8-9-17-15(11-25-19(17)14(12)3)10-18(23)21-22-20(24)16-7-5-4-6-13(16)2/h4-9,11H,10H2,1-3H3,(H,21,23)(H,22,24). The number of nitrogens with one attached hydrogen (secondary N) is 2. The number of benzene rings is 2. The Morgan fingerprint density at radius 2 is 1.72 bits per heavy atom. The zero-order valence-corrected chi connectivity index (χ0v) is 14.5. The van der Waals surface area contributed by atoms with E-state index in [2.05, 4.69) is 10.9 Å². The third kappa shape index (κ3) is 3.40. The second kappa shape index (κ2) is 6.81. The average molecular weight is 336 g/mol. The second-order valence-corrected chi connectivity index (χ2v) is 6.14. The minimum Gasteiger partial charge on any atom is -0.464 e. The summed E-state index contributed by atoms with van der Waals surface area (Å²) in [6.07, 6.45) is 1.73. The number of amides is 2. The molecular weight excluding hydrogens is 316 g/mol. The largest absolute Gasteiger partial charge is 0.464 e. The molecule has 0 radical (unpaired) electrons. The van der Waals surface area contributed by atoms with E-state index in [1.807, 2.05) is 45.0 Å². The van der Waals surface area contributed by atoms with Crippen LogP contribution in [0.25, 0.3) is 11.0 Å². The molecule has 0 aliphatic rings. The summed E-state index contributed by atoms with van der Waals surface area (Å²) in [7, 11) is 0. The zero-order chi connectivity index (χ0) is 18.0. The normalized spacial score (nSPS) is 10.7. The molecule has 3 aromatic rings. The predicted octanol–water partition coefficient (Wildman–Crippen LogP) is 3.36. The molecule has 0 unspecified atom stereocenters. The van der Waals surface area contributed by atoms with E-state index in [9.17, 15) is 9.59 Å². The van der Waals surface area contributed by atoms with Crippen molar-refractivity contribution in [1.82, 2.24) is 10.9 Å². The lowest BCUT2D eigenvalue weighted by Gasteiger charge is -2.08. The molecule has 0 bridgehead atoms. The first-order chi connectivity index (χ1) is 12.0. The van der Waals surface area contributed by atoms with Crippen molar-refractivity contribution in [3.05, 3.63) is 70.5 Å². The van der Waals surface area contributed by atoms with Gasteiger partial charge in [-0.3, -0.25) is 20.4 Å². The van der Waals surface area contributed by atoms with Gasteiger partial charge in [-0.25, -0.2) is 0 Å². The molecule has 1 heterocycles. The number of carbonyl (C=O) groups excluding carboxylic acids is 2. The SMILES string of the molecule is Cc1ccccc1C(=O)NNC(=O)Cc1coc2c(C)c(C)ccc12. The van der Waals surface area contributed by atoms with Crippen LogP contribution in [-0.4, -0.2) is 11.8 Å². The molecule has 2 amide bonds. The topological polar surface area (TPSA) is 71.3 Å². The molecule has 3 rings (SSSR count). The molecule has 0 spiro atoms. The summed E-state index contributed by atoms with van der Waals surface area (Å²) in [5.74, 6) is -0.641. The first-order valence-corrected chi connectivity index (χ1v) is 8.08. The maximum atomic E-state index is 12.2. The summed E-state index contributed by atoms with van der Waals surface area (Å²) < 4.78 is 5.60. The number of hydrogen-bond acceptors (Lipinski definition) is 3. The molecule has 5 heteroatoms. The van der Waals surface area contributed by atoms with Gasteiger partial charge in [-0.05, 0) is 43.5 Å². The molecule has 2 aromatic carbocycles. The van der Waals surface area contributed by atoms with Gasteiger partial charge in [0, 0.05) is 16.5 Å². The highest BCUT2D eigenvalue weighted by atomic mass is 16.3. The van der Waals surface area contributed by atoms with Crippen LogP contribution in [0, 0.1) is 20.8 Å². The van der Waals surface area contributed by atoms with E-state index in [1.165, 1.54) is 0 Å². The number of rotatable bonds is 3. The molecule has 0 aliphatic heterocycles. The Bertz CT molecular complexity index is 957. The Hall–Kier alpha value is -3.08. The molecule has 0 aliphatic carbocycles. The van der Waals surface area contributed by atoms with Gasteiger partial charge in [0.2, 0.25) is 5.91 Å². The van der Waals surface area contributed by atoms with Crippen LogP contribution in [0.5, 0.6) is 0 Å². The van der Waals surface area contributed by atoms with Gasteiger partial charge in [-0.2, -0.15) is 0 Å². The Kier molecular flexibility index (Phi) is 4.57. The Labute approximate surface area is 146 Å². The summed E-state index contributed by atoms with van der Waals surface area (Å²) in [6, 6.07) is 11.2. The average Bonchev–Trinajstić information content (AvgIpc) is 3.00. The van der Waals surface area contributed by atoms with Crippen LogP contribution in [0.15, 0.2) is 47.1 Å². The van der Waals surface area contributed by atoms with E-state index in [0.29, 0.717) is 5.56 Å². The molecule has 0 fully saturated rings. The summed E-state index contributed by atoms with van der Waals surface area (Å²) >= 11 is 0. The number of hydrazine groups is 1. The molecule has 25 heavy (non-hydrogen) atoms. The third-order valence-electron chi connectivity index (χ3n) is 4.40. The minimum absolute atomic E-state index is 0.129. The maximum Gasteiger partial charge on any atom is 0.269 e. The van der Waals surface area contributed by atoms with E-state index in [4.69, 9.17) is 4.42 Å². The van der Waals surface area contributed by atoms with Crippen LogP contribution in [0.3, 0.4) is 0 Å². The summed E-state index contributed by atoms with van der Waals surface area (Å²) in [5, 5.41) is 0.920. The number of fused-ring (bicyclic) bond motifs is 1. The van der Waals surface area contributed by atoms with Gasteiger partial charge in [-0.15, -0.1) is 0 Å². The minimum atomic E-state index is -0.338. The Balaban J connectivity index is 1.66.